The third-order valence-electron chi connectivity index (χ3n) is 2.00. The third kappa shape index (κ3) is 2.63. The number of rotatable bonds is 2. The van der Waals surface area contributed by atoms with Crippen molar-refractivity contribution in [3.63, 3.8) is 0 Å². The summed E-state index contributed by atoms with van der Waals surface area (Å²) in [5.41, 5.74) is 0. The van der Waals surface area contributed by atoms with E-state index in [9.17, 15) is 0 Å². The van der Waals surface area contributed by atoms with Crippen LogP contribution in [0.3, 0.4) is 0 Å². The Balaban J connectivity index is 2.37. The first kappa shape index (κ1) is 9.32. The lowest BCUT2D eigenvalue weighted by molar-refractivity contribution is -0.139. The highest BCUT2D eigenvalue weighted by molar-refractivity contribution is 7.75. The molecule has 4 heteroatoms. The fourth-order valence-electron chi connectivity index (χ4n) is 1.40. The first-order valence-electron chi connectivity index (χ1n) is 3.89. The third-order valence-corrected chi connectivity index (χ3v) is 2.24. The second kappa shape index (κ2) is 4.30. The molecule has 1 aliphatic rings. The van der Waals surface area contributed by atoms with Crippen LogP contribution in [0.2, 0.25) is 0 Å². The Kier molecular flexibility index (Phi) is 3.65. The molecule has 3 nitrogen and oxygen atoms in total. The van der Waals surface area contributed by atoms with Gasteiger partial charge < -0.3 is 10.1 Å². The predicted octanol–water partition coefficient (Wildman–Crippen LogP) is 0.961. The van der Waals surface area contributed by atoms with Gasteiger partial charge in [-0.25, -0.2) is 0 Å². The molecule has 1 aliphatic heterocycles. The van der Waals surface area contributed by atoms with Gasteiger partial charge in [0, 0.05) is 12.5 Å². The molecule has 1 rings (SSSR count). The summed E-state index contributed by atoms with van der Waals surface area (Å²) in [5, 5.41) is 3.20. The molecule has 0 spiro atoms. The van der Waals surface area contributed by atoms with Crippen molar-refractivity contribution in [1.82, 2.24) is 5.32 Å². The van der Waals surface area contributed by atoms with Gasteiger partial charge in [-0.15, -0.1) is 0 Å². The van der Waals surface area contributed by atoms with Gasteiger partial charge in [0.2, 0.25) is 0 Å². The van der Waals surface area contributed by atoms with Gasteiger partial charge in [-0.05, 0) is 33.3 Å². The molecule has 1 saturated heterocycles. The van der Waals surface area contributed by atoms with Gasteiger partial charge in [0.25, 0.3) is 0 Å². The molecule has 0 aromatic heterocycles. The summed E-state index contributed by atoms with van der Waals surface area (Å²) < 4.78 is 10.3. The Morgan fingerprint density at radius 1 is 1.55 bits per heavy atom. The highest BCUT2D eigenvalue weighted by Gasteiger charge is 2.25. The van der Waals surface area contributed by atoms with E-state index in [1.54, 1.807) is 0 Å². The zero-order valence-corrected chi connectivity index (χ0v) is 7.80. The molecule has 1 N–H and O–H groups in total. The fraction of sp³-hybridized carbons (Fsp3) is 1.00. The summed E-state index contributed by atoms with van der Waals surface area (Å²) in [6.07, 6.45) is 2.03. The molecule has 3 atom stereocenters. The molecule has 1 heterocycles. The van der Waals surface area contributed by atoms with Gasteiger partial charge in [-0.3, -0.25) is 4.18 Å². The molecule has 66 valence electrons. The van der Waals surface area contributed by atoms with Crippen LogP contribution >= 0.6 is 12.9 Å². The van der Waals surface area contributed by atoms with Crippen molar-refractivity contribution in [3.8, 4) is 0 Å². The maximum Gasteiger partial charge on any atom is 0.172 e. The van der Waals surface area contributed by atoms with Crippen LogP contribution in [0.15, 0.2) is 0 Å². The van der Waals surface area contributed by atoms with Crippen molar-refractivity contribution in [2.75, 3.05) is 7.05 Å². The largest absolute Gasteiger partial charge is 0.349 e. The van der Waals surface area contributed by atoms with Crippen molar-refractivity contribution in [3.05, 3.63) is 0 Å². The molecule has 0 aromatic carbocycles. The Labute approximate surface area is 73.1 Å². The minimum absolute atomic E-state index is 0.153. The van der Waals surface area contributed by atoms with E-state index in [0.29, 0.717) is 6.04 Å². The van der Waals surface area contributed by atoms with Gasteiger partial charge >= 0.3 is 0 Å². The van der Waals surface area contributed by atoms with Crippen LogP contribution in [0, 0.1) is 0 Å². The van der Waals surface area contributed by atoms with E-state index >= 15 is 0 Å². The standard InChI is InChI=1S/C7H15NO2S/c1-5-3-6(8-2)4-7(9-5)10-11/h5-8,11H,3-4H2,1-2H3. The second-order valence-electron chi connectivity index (χ2n) is 2.94. The van der Waals surface area contributed by atoms with E-state index in [0.717, 1.165) is 12.8 Å². The summed E-state index contributed by atoms with van der Waals surface area (Å²) in [6.45, 7) is 2.04. The summed E-state index contributed by atoms with van der Waals surface area (Å²) in [6, 6.07) is 0.496. The van der Waals surface area contributed by atoms with Crippen molar-refractivity contribution in [1.29, 1.82) is 0 Å². The predicted molar refractivity (Wildman–Crippen MR) is 46.5 cm³/mol. The Morgan fingerprint density at radius 2 is 2.27 bits per heavy atom. The first-order valence-corrected chi connectivity index (χ1v) is 4.25. The van der Waals surface area contributed by atoms with Crippen LogP contribution in [0.5, 0.6) is 0 Å². The van der Waals surface area contributed by atoms with Crippen LogP contribution in [0.1, 0.15) is 19.8 Å². The molecule has 0 saturated carbocycles. The highest BCUT2D eigenvalue weighted by atomic mass is 32.1. The molecular weight excluding hydrogens is 162 g/mol. The van der Waals surface area contributed by atoms with E-state index in [4.69, 9.17) is 8.92 Å². The number of hydrogen-bond donors (Lipinski definition) is 2. The smallest absolute Gasteiger partial charge is 0.172 e. The van der Waals surface area contributed by atoms with E-state index in [2.05, 4.69) is 18.2 Å². The molecule has 0 radical (unpaired) electrons. The van der Waals surface area contributed by atoms with Gasteiger partial charge in [0.1, 0.15) is 0 Å². The molecule has 11 heavy (non-hydrogen) atoms. The molecule has 0 amide bonds. The molecule has 3 unspecified atom stereocenters. The van der Waals surface area contributed by atoms with Crippen LogP contribution < -0.4 is 5.32 Å². The zero-order chi connectivity index (χ0) is 8.27. The van der Waals surface area contributed by atoms with Crippen LogP contribution in [0.4, 0.5) is 0 Å². The van der Waals surface area contributed by atoms with E-state index in [1.165, 1.54) is 0 Å². The van der Waals surface area contributed by atoms with E-state index < -0.39 is 0 Å². The van der Waals surface area contributed by atoms with Crippen molar-refractivity contribution >= 4 is 12.9 Å². The molecule has 0 aliphatic carbocycles. The van der Waals surface area contributed by atoms with Gasteiger partial charge in [-0.1, -0.05) is 0 Å². The number of hydrogen-bond acceptors (Lipinski definition) is 4. The highest BCUT2D eigenvalue weighted by Crippen LogP contribution is 2.20. The van der Waals surface area contributed by atoms with Crippen LogP contribution in [0.25, 0.3) is 0 Å². The van der Waals surface area contributed by atoms with Gasteiger partial charge in [-0.2, -0.15) is 0 Å². The normalized spacial score (nSPS) is 39.0. The average molecular weight is 177 g/mol. The van der Waals surface area contributed by atoms with Crippen LogP contribution in [-0.2, 0) is 8.92 Å². The lowest BCUT2D eigenvalue weighted by Crippen LogP contribution is -2.40. The first-order chi connectivity index (χ1) is 5.26. The number of thiol groups is 1. The second-order valence-corrected chi connectivity index (χ2v) is 3.15. The summed E-state index contributed by atoms with van der Waals surface area (Å²) >= 11 is 3.73. The van der Waals surface area contributed by atoms with Crippen molar-refractivity contribution < 1.29 is 8.92 Å². The minimum Gasteiger partial charge on any atom is -0.349 e. The van der Waals surface area contributed by atoms with Gasteiger partial charge in [0.15, 0.2) is 6.29 Å². The van der Waals surface area contributed by atoms with Crippen molar-refractivity contribution in [2.45, 2.75) is 38.2 Å². The topological polar surface area (TPSA) is 30.5 Å². The Morgan fingerprint density at radius 3 is 2.82 bits per heavy atom. The van der Waals surface area contributed by atoms with Crippen LogP contribution in [-0.4, -0.2) is 25.5 Å². The Hall–Kier alpha value is 0.230. The summed E-state index contributed by atoms with van der Waals surface area (Å²) in [7, 11) is 1.96. The number of ether oxygens (including phenoxy) is 1. The van der Waals surface area contributed by atoms with Gasteiger partial charge in [0.05, 0.1) is 6.10 Å². The number of nitrogens with one attached hydrogen (secondary N) is 1. The molecular formula is C7H15NO2S. The lowest BCUT2D eigenvalue weighted by Gasteiger charge is -2.31. The summed E-state index contributed by atoms with van der Waals surface area (Å²) in [4.78, 5) is 0. The zero-order valence-electron chi connectivity index (χ0n) is 6.91. The molecule has 0 aromatic rings. The fourth-order valence-corrected chi connectivity index (χ4v) is 1.54. The summed E-state index contributed by atoms with van der Waals surface area (Å²) in [5.74, 6) is 0. The lowest BCUT2D eigenvalue weighted by atomic mass is 10.0. The quantitative estimate of drug-likeness (QED) is 0.486. The van der Waals surface area contributed by atoms with Crippen molar-refractivity contribution in [2.24, 2.45) is 0 Å². The minimum atomic E-state index is -0.153. The molecule has 0 bridgehead atoms. The Bertz CT molecular complexity index is 111. The average Bonchev–Trinajstić information content (AvgIpc) is 2.03. The molecule has 1 fully saturated rings. The van der Waals surface area contributed by atoms with E-state index in [-0.39, 0.29) is 12.4 Å². The SMILES string of the molecule is CNC1CC(C)OC(OS)C1. The van der Waals surface area contributed by atoms with E-state index in [1.807, 2.05) is 14.0 Å². The maximum atomic E-state index is 5.43. The monoisotopic (exact) mass is 177 g/mol. The maximum absolute atomic E-state index is 5.43.